The SMILES string of the molecule is CC(C)C(=O)Nc1ccc(CNc2ccc([N+](=O)[O-])cc2Cl)cc1. The highest BCUT2D eigenvalue weighted by molar-refractivity contribution is 6.33. The van der Waals surface area contributed by atoms with Gasteiger partial charge in [0.05, 0.1) is 15.6 Å². The van der Waals surface area contributed by atoms with Gasteiger partial charge in [0, 0.05) is 30.3 Å². The summed E-state index contributed by atoms with van der Waals surface area (Å²) in [5.74, 6) is -0.103. The molecule has 0 saturated heterocycles. The third kappa shape index (κ3) is 4.70. The smallest absolute Gasteiger partial charge is 0.271 e. The minimum atomic E-state index is -0.486. The third-order valence-corrected chi connectivity index (χ3v) is 3.71. The predicted octanol–water partition coefficient (Wildman–Crippen LogP) is 4.45. The van der Waals surface area contributed by atoms with Crippen LogP contribution in [0.1, 0.15) is 19.4 Å². The minimum Gasteiger partial charge on any atom is -0.380 e. The van der Waals surface area contributed by atoms with Crippen LogP contribution in [-0.4, -0.2) is 10.8 Å². The van der Waals surface area contributed by atoms with Gasteiger partial charge >= 0.3 is 0 Å². The van der Waals surface area contributed by atoms with Crippen LogP contribution in [0.5, 0.6) is 0 Å². The lowest BCUT2D eigenvalue weighted by Gasteiger charge is -2.10. The monoisotopic (exact) mass is 347 g/mol. The first-order valence-corrected chi connectivity index (χ1v) is 7.82. The Morgan fingerprint density at radius 3 is 2.42 bits per heavy atom. The Kier molecular flexibility index (Phi) is 5.76. The number of nitro benzene ring substituents is 1. The van der Waals surface area contributed by atoms with E-state index >= 15 is 0 Å². The van der Waals surface area contributed by atoms with E-state index in [1.165, 1.54) is 12.1 Å². The average molecular weight is 348 g/mol. The topological polar surface area (TPSA) is 84.3 Å². The van der Waals surface area contributed by atoms with Gasteiger partial charge in [-0.25, -0.2) is 0 Å². The Labute approximate surface area is 145 Å². The van der Waals surface area contributed by atoms with Crippen LogP contribution in [0.4, 0.5) is 17.1 Å². The summed E-state index contributed by atoms with van der Waals surface area (Å²) in [5, 5.41) is 16.9. The van der Waals surface area contributed by atoms with E-state index in [1.54, 1.807) is 6.07 Å². The largest absolute Gasteiger partial charge is 0.380 e. The Morgan fingerprint density at radius 2 is 1.88 bits per heavy atom. The second-order valence-electron chi connectivity index (χ2n) is 5.62. The number of hydrogen-bond acceptors (Lipinski definition) is 4. The van der Waals surface area contributed by atoms with Crippen molar-refractivity contribution < 1.29 is 9.72 Å². The van der Waals surface area contributed by atoms with E-state index in [2.05, 4.69) is 10.6 Å². The molecule has 0 bridgehead atoms. The van der Waals surface area contributed by atoms with E-state index in [1.807, 2.05) is 38.1 Å². The Bertz CT molecular complexity index is 745. The number of benzene rings is 2. The molecule has 1 amide bonds. The molecule has 0 fully saturated rings. The fraction of sp³-hybridized carbons (Fsp3) is 0.235. The van der Waals surface area contributed by atoms with Gasteiger partial charge in [0.15, 0.2) is 0 Å². The number of nitro groups is 1. The number of nitrogens with zero attached hydrogens (tertiary/aromatic N) is 1. The van der Waals surface area contributed by atoms with Crippen molar-refractivity contribution in [1.82, 2.24) is 0 Å². The standard InChI is InChI=1S/C17H18ClN3O3/c1-11(2)17(22)20-13-5-3-12(4-6-13)10-19-16-8-7-14(21(23)24)9-15(16)18/h3-9,11,19H,10H2,1-2H3,(H,20,22). The van der Waals surface area contributed by atoms with E-state index in [0.717, 1.165) is 11.3 Å². The molecule has 0 aliphatic carbocycles. The maximum atomic E-state index is 11.6. The summed E-state index contributed by atoms with van der Waals surface area (Å²) in [6.07, 6.45) is 0. The molecule has 2 aromatic rings. The second kappa shape index (κ2) is 7.79. The van der Waals surface area contributed by atoms with Crippen LogP contribution in [-0.2, 0) is 11.3 Å². The van der Waals surface area contributed by atoms with E-state index < -0.39 is 4.92 Å². The molecule has 0 aromatic heterocycles. The number of anilines is 2. The van der Waals surface area contributed by atoms with Crippen LogP contribution in [0.25, 0.3) is 0 Å². The van der Waals surface area contributed by atoms with Crippen molar-refractivity contribution in [2.24, 2.45) is 5.92 Å². The zero-order valence-electron chi connectivity index (χ0n) is 13.4. The highest BCUT2D eigenvalue weighted by Gasteiger charge is 2.09. The summed E-state index contributed by atoms with van der Waals surface area (Å²) in [4.78, 5) is 21.8. The first-order valence-electron chi connectivity index (χ1n) is 7.44. The number of halogens is 1. The number of hydrogen-bond donors (Lipinski definition) is 2. The molecular weight excluding hydrogens is 330 g/mol. The van der Waals surface area contributed by atoms with E-state index in [0.29, 0.717) is 17.3 Å². The summed E-state index contributed by atoms with van der Waals surface area (Å²) >= 11 is 6.04. The molecule has 2 aromatic carbocycles. The minimum absolute atomic E-state index is 0.0291. The lowest BCUT2D eigenvalue weighted by atomic mass is 10.1. The molecule has 6 nitrogen and oxygen atoms in total. The van der Waals surface area contributed by atoms with Gasteiger partial charge in [-0.1, -0.05) is 37.6 Å². The molecule has 24 heavy (non-hydrogen) atoms. The van der Waals surface area contributed by atoms with Crippen LogP contribution in [0.2, 0.25) is 5.02 Å². The van der Waals surface area contributed by atoms with Gasteiger partial charge in [0.25, 0.3) is 5.69 Å². The van der Waals surface area contributed by atoms with E-state index in [4.69, 9.17) is 11.6 Å². The highest BCUT2D eigenvalue weighted by Crippen LogP contribution is 2.27. The van der Waals surface area contributed by atoms with Crippen molar-refractivity contribution >= 4 is 34.6 Å². The van der Waals surface area contributed by atoms with Crippen LogP contribution in [0.15, 0.2) is 42.5 Å². The van der Waals surface area contributed by atoms with Crippen molar-refractivity contribution in [2.45, 2.75) is 20.4 Å². The fourth-order valence-corrected chi connectivity index (χ4v) is 2.19. The Morgan fingerprint density at radius 1 is 1.21 bits per heavy atom. The highest BCUT2D eigenvalue weighted by atomic mass is 35.5. The quantitative estimate of drug-likeness (QED) is 0.597. The molecule has 0 aliphatic rings. The normalized spacial score (nSPS) is 10.5. The average Bonchev–Trinajstić information content (AvgIpc) is 2.54. The number of amides is 1. The summed E-state index contributed by atoms with van der Waals surface area (Å²) in [7, 11) is 0. The van der Waals surface area contributed by atoms with Gasteiger partial charge in [-0.3, -0.25) is 14.9 Å². The first-order chi connectivity index (χ1) is 11.4. The van der Waals surface area contributed by atoms with Crippen LogP contribution in [0, 0.1) is 16.0 Å². The second-order valence-corrected chi connectivity index (χ2v) is 6.02. The maximum absolute atomic E-state index is 11.6. The summed E-state index contributed by atoms with van der Waals surface area (Å²) < 4.78 is 0. The molecule has 126 valence electrons. The van der Waals surface area contributed by atoms with Gasteiger partial charge in [-0.2, -0.15) is 0 Å². The molecule has 0 heterocycles. The number of rotatable bonds is 6. The van der Waals surface area contributed by atoms with Crippen molar-refractivity contribution in [3.63, 3.8) is 0 Å². The molecule has 0 saturated carbocycles. The van der Waals surface area contributed by atoms with Gasteiger partial charge in [0.1, 0.15) is 0 Å². The molecule has 2 N–H and O–H groups in total. The number of non-ortho nitro benzene ring substituents is 1. The fourth-order valence-electron chi connectivity index (χ4n) is 1.95. The van der Waals surface area contributed by atoms with Gasteiger partial charge in [0.2, 0.25) is 5.91 Å². The molecular formula is C17H18ClN3O3. The lowest BCUT2D eigenvalue weighted by molar-refractivity contribution is -0.384. The van der Waals surface area contributed by atoms with Gasteiger partial charge in [-0.05, 0) is 23.8 Å². The van der Waals surface area contributed by atoms with Crippen LogP contribution >= 0.6 is 11.6 Å². The van der Waals surface area contributed by atoms with E-state index in [9.17, 15) is 14.9 Å². The maximum Gasteiger partial charge on any atom is 0.271 e. The van der Waals surface area contributed by atoms with Crippen molar-refractivity contribution in [2.75, 3.05) is 10.6 Å². The predicted molar refractivity (Wildman–Crippen MR) is 95.3 cm³/mol. The lowest BCUT2D eigenvalue weighted by Crippen LogP contribution is -2.17. The molecule has 2 rings (SSSR count). The van der Waals surface area contributed by atoms with Gasteiger partial charge < -0.3 is 10.6 Å². The third-order valence-electron chi connectivity index (χ3n) is 3.39. The Hall–Kier alpha value is -2.60. The molecule has 7 heteroatoms. The molecule has 0 atom stereocenters. The van der Waals surface area contributed by atoms with E-state index in [-0.39, 0.29) is 17.5 Å². The van der Waals surface area contributed by atoms with Gasteiger partial charge in [-0.15, -0.1) is 0 Å². The van der Waals surface area contributed by atoms with Crippen molar-refractivity contribution in [3.8, 4) is 0 Å². The summed E-state index contributed by atoms with van der Waals surface area (Å²) in [5.41, 5.74) is 2.31. The zero-order valence-corrected chi connectivity index (χ0v) is 14.1. The van der Waals surface area contributed by atoms with Crippen molar-refractivity contribution in [3.05, 3.63) is 63.2 Å². The molecule has 0 radical (unpaired) electrons. The van der Waals surface area contributed by atoms with Crippen LogP contribution in [0.3, 0.4) is 0 Å². The summed E-state index contributed by atoms with van der Waals surface area (Å²) in [6, 6.07) is 11.7. The molecule has 0 spiro atoms. The molecule has 0 aliphatic heterocycles. The van der Waals surface area contributed by atoms with Crippen molar-refractivity contribution in [1.29, 1.82) is 0 Å². The number of nitrogens with one attached hydrogen (secondary N) is 2. The molecule has 0 unspecified atom stereocenters. The first kappa shape index (κ1) is 17.7. The zero-order chi connectivity index (χ0) is 17.7. The summed E-state index contributed by atoms with van der Waals surface area (Å²) in [6.45, 7) is 4.18. The Balaban J connectivity index is 1.97. The number of carbonyl (C=O) groups excluding carboxylic acids is 1. The van der Waals surface area contributed by atoms with Crippen LogP contribution < -0.4 is 10.6 Å². The number of carbonyl (C=O) groups is 1.